The molecule has 1 aromatic rings. The Morgan fingerprint density at radius 2 is 1.92 bits per heavy atom. The number of carbonyl (C=O) groups excluding carboxylic acids is 1. The summed E-state index contributed by atoms with van der Waals surface area (Å²) < 4.78 is 11.3. The fourth-order valence-corrected chi connectivity index (χ4v) is 2.56. The maximum absolute atomic E-state index is 12.7. The molecule has 0 aliphatic carbocycles. The predicted molar refractivity (Wildman–Crippen MR) is 105 cm³/mol. The van der Waals surface area contributed by atoms with Gasteiger partial charge in [-0.15, -0.1) is 12.4 Å². The molecule has 5 nitrogen and oxygen atoms in total. The van der Waals surface area contributed by atoms with E-state index in [0.29, 0.717) is 48.4 Å². The van der Waals surface area contributed by atoms with E-state index in [1.807, 2.05) is 27.7 Å². The van der Waals surface area contributed by atoms with Crippen LogP contribution in [0.5, 0.6) is 11.5 Å². The van der Waals surface area contributed by atoms with Gasteiger partial charge in [0, 0.05) is 19.2 Å². The Bertz CT molecular complexity index is 565. The number of ether oxygens (including phenoxy) is 2. The van der Waals surface area contributed by atoms with Crippen LogP contribution >= 0.6 is 24.0 Å². The summed E-state index contributed by atoms with van der Waals surface area (Å²) in [6.45, 7) is 10.00. The molecule has 7 heteroatoms. The lowest BCUT2D eigenvalue weighted by atomic mass is 9.93. The molecule has 0 radical (unpaired) electrons. The second kappa shape index (κ2) is 10.7. The molecule has 0 aliphatic heterocycles. The van der Waals surface area contributed by atoms with Crippen LogP contribution in [0.1, 0.15) is 44.5 Å². The van der Waals surface area contributed by atoms with Gasteiger partial charge in [-0.05, 0) is 37.4 Å². The molecule has 1 aromatic carbocycles. The largest absolute Gasteiger partial charge is 0.490 e. The predicted octanol–water partition coefficient (Wildman–Crippen LogP) is 4.01. The highest BCUT2D eigenvalue weighted by molar-refractivity contribution is 6.32. The van der Waals surface area contributed by atoms with Crippen molar-refractivity contribution < 1.29 is 14.3 Å². The van der Waals surface area contributed by atoms with Crippen LogP contribution in [-0.2, 0) is 0 Å². The number of carbonyl (C=O) groups is 1. The summed E-state index contributed by atoms with van der Waals surface area (Å²) in [6.07, 6.45) is 0.861. The van der Waals surface area contributed by atoms with Crippen LogP contribution in [0.2, 0.25) is 5.02 Å². The second-order valence-electron chi connectivity index (χ2n) is 6.60. The first kappa shape index (κ1) is 23.8. The zero-order chi connectivity index (χ0) is 18.3. The van der Waals surface area contributed by atoms with E-state index in [2.05, 4.69) is 0 Å². The van der Waals surface area contributed by atoms with Crippen molar-refractivity contribution in [2.24, 2.45) is 11.1 Å². The molecule has 1 amide bonds. The van der Waals surface area contributed by atoms with E-state index in [-0.39, 0.29) is 23.7 Å². The average molecular weight is 393 g/mol. The Balaban J connectivity index is 0.00000576. The van der Waals surface area contributed by atoms with Crippen LogP contribution in [0.25, 0.3) is 0 Å². The molecule has 0 aliphatic rings. The Kier molecular flexibility index (Phi) is 10.2. The molecule has 0 fully saturated rings. The Labute approximate surface area is 162 Å². The normalized spacial score (nSPS) is 10.8. The minimum atomic E-state index is -0.152. The molecule has 0 unspecified atom stereocenters. The highest BCUT2D eigenvalue weighted by Gasteiger charge is 2.24. The minimum Gasteiger partial charge on any atom is -0.490 e. The Morgan fingerprint density at radius 3 is 2.44 bits per heavy atom. The van der Waals surface area contributed by atoms with Gasteiger partial charge in [-0.2, -0.15) is 0 Å². The molecule has 144 valence electrons. The number of benzene rings is 1. The topological polar surface area (TPSA) is 64.8 Å². The molecule has 1 rings (SSSR count). The second-order valence-corrected chi connectivity index (χ2v) is 7.00. The van der Waals surface area contributed by atoms with E-state index in [4.69, 9.17) is 26.8 Å². The average Bonchev–Trinajstić information content (AvgIpc) is 2.53. The summed E-state index contributed by atoms with van der Waals surface area (Å²) in [6, 6.07) is 3.32. The van der Waals surface area contributed by atoms with E-state index in [0.717, 1.165) is 6.42 Å². The first-order valence-corrected chi connectivity index (χ1v) is 8.68. The summed E-state index contributed by atoms with van der Waals surface area (Å²) in [5.41, 5.74) is 6.07. The molecule has 0 bridgehead atoms. The van der Waals surface area contributed by atoms with Gasteiger partial charge < -0.3 is 20.1 Å². The van der Waals surface area contributed by atoms with E-state index < -0.39 is 0 Å². The number of amides is 1. The van der Waals surface area contributed by atoms with E-state index in [1.54, 1.807) is 24.1 Å². The first-order chi connectivity index (χ1) is 11.3. The molecule has 2 N–H and O–H groups in total. The summed E-state index contributed by atoms with van der Waals surface area (Å²) >= 11 is 6.32. The van der Waals surface area contributed by atoms with Crippen molar-refractivity contribution in [1.29, 1.82) is 0 Å². The summed E-state index contributed by atoms with van der Waals surface area (Å²) in [5, 5.41) is 0.379. The van der Waals surface area contributed by atoms with Crippen molar-refractivity contribution in [1.82, 2.24) is 4.90 Å². The number of halogens is 2. The number of nitrogens with zero attached hydrogens (tertiary/aromatic N) is 1. The third-order valence-corrected chi connectivity index (χ3v) is 3.85. The number of hydrogen-bond acceptors (Lipinski definition) is 4. The van der Waals surface area contributed by atoms with Gasteiger partial charge in [-0.25, -0.2) is 0 Å². The van der Waals surface area contributed by atoms with Gasteiger partial charge in [0.25, 0.3) is 5.91 Å². The smallest absolute Gasteiger partial charge is 0.253 e. The SMILES string of the molecule is CCCOc1c(Cl)cc(C(=O)N(C)CC(C)(C)CN)cc1OCC.Cl. The van der Waals surface area contributed by atoms with E-state index in [9.17, 15) is 4.79 Å². The molecule has 25 heavy (non-hydrogen) atoms. The van der Waals surface area contributed by atoms with Gasteiger partial charge in [0.15, 0.2) is 11.5 Å². The van der Waals surface area contributed by atoms with Crippen molar-refractivity contribution in [2.75, 3.05) is 33.4 Å². The van der Waals surface area contributed by atoms with Crippen LogP contribution in [0.15, 0.2) is 12.1 Å². The van der Waals surface area contributed by atoms with Crippen molar-refractivity contribution in [3.05, 3.63) is 22.7 Å². The molecule has 0 heterocycles. The number of hydrogen-bond donors (Lipinski definition) is 1. The minimum absolute atomic E-state index is 0. The van der Waals surface area contributed by atoms with E-state index in [1.165, 1.54) is 0 Å². The third kappa shape index (κ3) is 6.92. The third-order valence-electron chi connectivity index (χ3n) is 3.57. The lowest BCUT2D eigenvalue weighted by Gasteiger charge is -2.29. The fraction of sp³-hybridized carbons (Fsp3) is 0.611. The van der Waals surface area contributed by atoms with Gasteiger partial charge in [0.1, 0.15) is 0 Å². The lowest BCUT2D eigenvalue weighted by Crippen LogP contribution is -2.39. The molecule has 0 saturated heterocycles. The summed E-state index contributed by atoms with van der Waals surface area (Å²) in [4.78, 5) is 14.4. The Hall–Kier alpha value is -1.17. The monoisotopic (exact) mass is 392 g/mol. The van der Waals surface area contributed by atoms with Gasteiger partial charge in [-0.3, -0.25) is 4.79 Å². The summed E-state index contributed by atoms with van der Waals surface area (Å²) in [5.74, 6) is 0.858. The maximum Gasteiger partial charge on any atom is 0.253 e. The van der Waals surface area contributed by atoms with Gasteiger partial charge in [0.05, 0.1) is 18.2 Å². The lowest BCUT2D eigenvalue weighted by molar-refractivity contribution is 0.0740. The fourth-order valence-electron chi connectivity index (χ4n) is 2.30. The number of rotatable bonds is 9. The van der Waals surface area contributed by atoms with E-state index >= 15 is 0 Å². The van der Waals surface area contributed by atoms with Crippen molar-refractivity contribution in [2.45, 2.75) is 34.1 Å². The van der Waals surface area contributed by atoms with Gasteiger partial charge in [0.2, 0.25) is 0 Å². The molecule has 0 saturated carbocycles. The maximum atomic E-state index is 12.7. The highest BCUT2D eigenvalue weighted by atomic mass is 35.5. The molecular formula is C18H30Cl2N2O3. The first-order valence-electron chi connectivity index (χ1n) is 8.30. The number of nitrogens with two attached hydrogens (primary N) is 1. The quantitative estimate of drug-likeness (QED) is 0.689. The van der Waals surface area contributed by atoms with Crippen LogP contribution in [0, 0.1) is 5.41 Å². The Morgan fingerprint density at radius 1 is 1.28 bits per heavy atom. The van der Waals surface area contributed by atoms with Gasteiger partial charge in [-0.1, -0.05) is 32.4 Å². The van der Waals surface area contributed by atoms with Crippen molar-refractivity contribution in [3.63, 3.8) is 0 Å². The van der Waals surface area contributed by atoms with Crippen LogP contribution in [-0.4, -0.2) is 44.2 Å². The molecular weight excluding hydrogens is 363 g/mol. The zero-order valence-electron chi connectivity index (χ0n) is 15.7. The van der Waals surface area contributed by atoms with Crippen LogP contribution < -0.4 is 15.2 Å². The van der Waals surface area contributed by atoms with Gasteiger partial charge >= 0.3 is 0 Å². The summed E-state index contributed by atoms with van der Waals surface area (Å²) in [7, 11) is 1.76. The standard InChI is InChI=1S/C18H29ClN2O3.ClH/c1-6-8-24-16-14(19)9-13(10-15(16)23-7-2)17(22)21(5)12-18(3,4)11-20;/h9-10H,6-8,11-12,20H2,1-5H3;1H. The molecule has 0 atom stereocenters. The zero-order valence-corrected chi connectivity index (χ0v) is 17.3. The molecule has 0 spiro atoms. The van der Waals surface area contributed by atoms with Crippen molar-refractivity contribution in [3.8, 4) is 11.5 Å². The molecule has 0 aromatic heterocycles. The van der Waals surface area contributed by atoms with Crippen LogP contribution in [0.4, 0.5) is 0 Å². The van der Waals surface area contributed by atoms with Crippen LogP contribution in [0.3, 0.4) is 0 Å². The highest BCUT2D eigenvalue weighted by Crippen LogP contribution is 2.37. The van der Waals surface area contributed by atoms with Crippen molar-refractivity contribution >= 4 is 29.9 Å².